The lowest BCUT2D eigenvalue weighted by Gasteiger charge is -2.32. The van der Waals surface area contributed by atoms with Crippen molar-refractivity contribution in [1.29, 1.82) is 0 Å². The second-order valence-corrected chi connectivity index (χ2v) is 6.78. The lowest BCUT2D eigenvalue weighted by Crippen LogP contribution is -2.40. The topological polar surface area (TPSA) is 45.4 Å². The molecule has 0 spiro atoms. The number of pyridine rings is 1. The minimum Gasteiger partial charge on any atom is -0.329 e. The van der Waals surface area contributed by atoms with Gasteiger partial charge >= 0.3 is 0 Å². The molecule has 2 aliphatic heterocycles. The number of rotatable bonds is 3. The minimum atomic E-state index is 0.292. The normalized spacial score (nSPS) is 26.2. The fourth-order valence-corrected chi connectivity index (χ4v) is 4.01. The first kappa shape index (κ1) is 14.4. The second kappa shape index (κ2) is 6.52. The fourth-order valence-electron chi connectivity index (χ4n) is 3.62. The molecule has 4 nitrogen and oxygen atoms in total. The number of hydrogen-bond acceptors (Lipinski definition) is 4. The zero-order valence-electron chi connectivity index (χ0n) is 11.8. The van der Waals surface area contributed by atoms with Gasteiger partial charge in [0.2, 0.25) is 0 Å². The highest BCUT2D eigenvalue weighted by Crippen LogP contribution is 2.27. The van der Waals surface area contributed by atoms with Gasteiger partial charge in [-0.1, -0.05) is 0 Å². The van der Waals surface area contributed by atoms with E-state index in [9.17, 15) is 0 Å². The van der Waals surface area contributed by atoms with Crippen LogP contribution in [0.1, 0.15) is 30.9 Å². The van der Waals surface area contributed by atoms with Crippen molar-refractivity contribution in [1.82, 2.24) is 14.8 Å². The smallest absolute Gasteiger partial charge is 0.0486 e. The number of aromatic nitrogens is 1. The third kappa shape index (κ3) is 3.06. The summed E-state index contributed by atoms with van der Waals surface area (Å²) in [6.45, 7) is 5.47. The Kier molecular flexibility index (Phi) is 4.71. The molecular formula is C15H23BrN4. The van der Waals surface area contributed by atoms with E-state index in [-0.39, 0.29) is 0 Å². The first-order chi connectivity index (χ1) is 9.78. The molecule has 0 amide bonds. The van der Waals surface area contributed by atoms with Gasteiger partial charge in [0.05, 0.1) is 0 Å². The summed E-state index contributed by atoms with van der Waals surface area (Å²) in [6, 6.07) is 3.18. The molecule has 0 aliphatic carbocycles. The molecular weight excluding hydrogens is 316 g/mol. The highest BCUT2D eigenvalue weighted by Gasteiger charge is 2.31. The fraction of sp³-hybridized carbons (Fsp3) is 0.667. The largest absolute Gasteiger partial charge is 0.329 e. The van der Waals surface area contributed by atoms with Crippen molar-refractivity contribution in [2.75, 3.05) is 32.7 Å². The Labute approximate surface area is 129 Å². The van der Waals surface area contributed by atoms with Gasteiger partial charge in [-0.2, -0.15) is 0 Å². The zero-order chi connectivity index (χ0) is 13.9. The van der Waals surface area contributed by atoms with E-state index in [2.05, 4.69) is 36.8 Å². The summed E-state index contributed by atoms with van der Waals surface area (Å²) in [5.74, 6) is 0. The van der Waals surface area contributed by atoms with E-state index in [0.717, 1.165) is 23.6 Å². The average Bonchev–Trinajstić information content (AvgIpc) is 2.78. The van der Waals surface area contributed by atoms with Crippen LogP contribution in [0.3, 0.4) is 0 Å². The van der Waals surface area contributed by atoms with Crippen LogP contribution in [0.5, 0.6) is 0 Å². The third-order valence-electron chi connectivity index (χ3n) is 4.61. The highest BCUT2D eigenvalue weighted by molar-refractivity contribution is 9.10. The van der Waals surface area contributed by atoms with Crippen LogP contribution in [0.4, 0.5) is 0 Å². The summed E-state index contributed by atoms with van der Waals surface area (Å²) in [7, 11) is 0. The molecule has 1 aromatic rings. The summed E-state index contributed by atoms with van der Waals surface area (Å²) < 4.78 is 1.03. The van der Waals surface area contributed by atoms with Crippen molar-refractivity contribution in [2.24, 2.45) is 5.73 Å². The van der Waals surface area contributed by atoms with Gasteiger partial charge in [0, 0.05) is 48.6 Å². The van der Waals surface area contributed by atoms with E-state index in [0.29, 0.717) is 12.6 Å². The molecule has 110 valence electrons. The van der Waals surface area contributed by atoms with E-state index < -0.39 is 0 Å². The Morgan fingerprint density at radius 3 is 2.95 bits per heavy atom. The maximum absolute atomic E-state index is 6.08. The lowest BCUT2D eigenvalue weighted by atomic mass is 10.1. The molecule has 2 saturated heterocycles. The van der Waals surface area contributed by atoms with Crippen molar-refractivity contribution in [3.63, 3.8) is 0 Å². The Balaban J connectivity index is 1.78. The molecule has 0 bridgehead atoms. The molecule has 2 N–H and O–H groups in total. The van der Waals surface area contributed by atoms with E-state index in [4.69, 9.17) is 5.73 Å². The third-order valence-corrected chi connectivity index (χ3v) is 5.04. The predicted octanol–water partition coefficient (Wildman–Crippen LogP) is 2.01. The SMILES string of the molecule is NCC(c1cncc(Br)c1)N1CCCN2CCCC2C1. The summed E-state index contributed by atoms with van der Waals surface area (Å²) in [6.07, 6.45) is 7.72. The van der Waals surface area contributed by atoms with E-state index in [1.807, 2.05) is 12.4 Å². The number of nitrogens with two attached hydrogens (primary N) is 1. The monoisotopic (exact) mass is 338 g/mol. The first-order valence-corrected chi connectivity index (χ1v) is 8.36. The number of fused-ring (bicyclic) bond motifs is 1. The standard InChI is InChI=1S/C15H23BrN4/c16-13-7-12(9-18-10-13)15(8-17)20-6-2-5-19-4-1-3-14(19)11-20/h7,9-10,14-15H,1-6,8,11,17H2. The lowest BCUT2D eigenvalue weighted by molar-refractivity contribution is 0.176. The van der Waals surface area contributed by atoms with Crippen LogP contribution in [0.25, 0.3) is 0 Å². The molecule has 0 aromatic carbocycles. The molecule has 5 heteroatoms. The van der Waals surface area contributed by atoms with E-state index >= 15 is 0 Å². The molecule has 0 radical (unpaired) electrons. The van der Waals surface area contributed by atoms with Crippen LogP contribution in [0.15, 0.2) is 22.9 Å². The van der Waals surface area contributed by atoms with Crippen molar-refractivity contribution in [3.05, 3.63) is 28.5 Å². The van der Waals surface area contributed by atoms with Crippen LogP contribution in [-0.2, 0) is 0 Å². The Morgan fingerprint density at radius 2 is 2.15 bits per heavy atom. The minimum absolute atomic E-state index is 0.292. The van der Waals surface area contributed by atoms with Gasteiger partial charge in [-0.05, 0) is 59.9 Å². The molecule has 3 rings (SSSR count). The van der Waals surface area contributed by atoms with Crippen LogP contribution < -0.4 is 5.73 Å². The molecule has 2 atom stereocenters. The van der Waals surface area contributed by atoms with Crippen molar-refractivity contribution in [2.45, 2.75) is 31.3 Å². The first-order valence-electron chi connectivity index (χ1n) is 7.56. The maximum Gasteiger partial charge on any atom is 0.0486 e. The van der Waals surface area contributed by atoms with Crippen LogP contribution in [0.2, 0.25) is 0 Å². The summed E-state index contributed by atoms with van der Waals surface area (Å²) in [4.78, 5) is 9.53. The summed E-state index contributed by atoms with van der Waals surface area (Å²) >= 11 is 3.51. The number of nitrogens with zero attached hydrogens (tertiary/aromatic N) is 3. The van der Waals surface area contributed by atoms with Gasteiger partial charge in [0.25, 0.3) is 0 Å². The quantitative estimate of drug-likeness (QED) is 0.915. The number of hydrogen-bond donors (Lipinski definition) is 1. The number of halogens is 1. The summed E-state index contributed by atoms with van der Waals surface area (Å²) in [5, 5.41) is 0. The van der Waals surface area contributed by atoms with Gasteiger partial charge in [-0.25, -0.2) is 0 Å². The van der Waals surface area contributed by atoms with Gasteiger partial charge in [0.1, 0.15) is 0 Å². The maximum atomic E-state index is 6.08. The Morgan fingerprint density at radius 1 is 1.30 bits per heavy atom. The van der Waals surface area contributed by atoms with Crippen molar-refractivity contribution >= 4 is 15.9 Å². The molecule has 2 aliphatic rings. The molecule has 0 saturated carbocycles. The van der Waals surface area contributed by atoms with Crippen LogP contribution in [-0.4, -0.2) is 53.5 Å². The van der Waals surface area contributed by atoms with Gasteiger partial charge in [0.15, 0.2) is 0 Å². The summed E-state index contributed by atoms with van der Waals surface area (Å²) in [5.41, 5.74) is 7.31. The molecule has 2 fully saturated rings. The van der Waals surface area contributed by atoms with Crippen LogP contribution >= 0.6 is 15.9 Å². The van der Waals surface area contributed by atoms with Gasteiger partial charge in [-0.3, -0.25) is 14.8 Å². The van der Waals surface area contributed by atoms with Crippen LogP contribution in [0, 0.1) is 0 Å². The highest BCUT2D eigenvalue weighted by atomic mass is 79.9. The predicted molar refractivity (Wildman–Crippen MR) is 84.5 cm³/mol. The zero-order valence-corrected chi connectivity index (χ0v) is 13.4. The van der Waals surface area contributed by atoms with E-state index in [1.165, 1.54) is 37.9 Å². The Hall–Kier alpha value is -0.490. The molecule has 2 unspecified atom stereocenters. The Bertz CT molecular complexity index is 453. The van der Waals surface area contributed by atoms with E-state index in [1.54, 1.807) is 0 Å². The molecule has 3 heterocycles. The van der Waals surface area contributed by atoms with Gasteiger partial charge < -0.3 is 5.73 Å². The second-order valence-electron chi connectivity index (χ2n) is 5.87. The average molecular weight is 339 g/mol. The van der Waals surface area contributed by atoms with Crippen molar-refractivity contribution < 1.29 is 0 Å². The molecule has 1 aromatic heterocycles. The van der Waals surface area contributed by atoms with Crippen molar-refractivity contribution in [3.8, 4) is 0 Å². The van der Waals surface area contributed by atoms with Gasteiger partial charge in [-0.15, -0.1) is 0 Å². The molecule has 20 heavy (non-hydrogen) atoms.